The van der Waals surface area contributed by atoms with Crippen molar-refractivity contribution < 1.29 is 9.59 Å². The average Bonchev–Trinajstić information content (AvgIpc) is 2.88. The van der Waals surface area contributed by atoms with Crippen molar-refractivity contribution in [3.05, 3.63) is 29.8 Å². The molecule has 0 spiro atoms. The second-order valence-electron chi connectivity index (χ2n) is 7.42. The molecule has 0 aromatic heterocycles. The third kappa shape index (κ3) is 3.27. The summed E-state index contributed by atoms with van der Waals surface area (Å²) in [5.74, 6) is 1.29. The van der Waals surface area contributed by atoms with Crippen LogP contribution in [0, 0.1) is 17.8 Å². The Bertz CT molecular complexity index is 654. The van der Waals surface area contributed by atoms with Gasteiger partial charge in [0.1, 0.15) is 0 Å². The maximum absolute atomic E-state index is 12.6. The Labute approximate surface area is 154 Å². The molecule has 136 valence electrons. The van der Waals surface area contributed by atoms with E-state index in [9.17, 15) is 9.59 Å². The zero-order chi connectivity index (χ0) is 16.7. The summed E-state index contributed by atoms with van der Waals surface area (Å²) in [7, 11) is 0. The first-order valence-corrected chi connectivity index (χ1v) is 9.04. The van der Waals surface area contributed by atoms with Crippen molar-refractivity contribution in [2.24, 2.45) is 17.8 Å². The molecule has 3 aliphatic rings. The number of amides is 2. The molecule has 0 saturated carbocycles. The van der Waals surface area contributed by atoms with Crippen LogP contribution in [0.1, 0.15) is 31.2 Å². The third-order valence-corrected chi connectivity index (χ3v) is 6.07. The summed E-state index contributed by atoms with van der Waals surface area (Å²) in [4.78, 5) is 27.0. The number of fused-ring (bicyclic) bond motifs is 1. The van der Waals surface area contributed by atoms with Crippen molar-refractivity contribution in [2.45, 2.75) is 25.7 Å². The Morgan fingerprint density at radius 1 is 1.20 bits per heavy atom. The predicted octanol–water partition coefficient (Wildman–Crippen LogP) is 2.24. The molecular weight excluding hydrogens is 338 g/mol. The number of carbonyl (C=O) groups excluding carboxylic acids is 2. The summed E-state index contributed by atoms with van der Waals surface area (Å²) >= 11 is 0. The van der Waals surface area contributed by atoms with Crippen LogP contribution in [-0.2, 0) is 9.59 Å². The SMILES string of the molecule is CC(C(=O)N1CCC(C2C(=O)Nc3ccccc32)CC1)C1CNC1.Cl. The van der Waals surface area contributed by atoms with Gasteiger partial charge in [-0.15, -0.1) is 12.4 Å². The zero-order valence-electron chi connectivity index (χ0n) is 14.5. The topological polar surface area (TPSA) is 61.4 Å². The molecule has 2 amide bonds. The van der Waals surface area contributed by atoms with Gasteiger partial charge in [-0.05, 0) is 49.4 Å². The first-order chi connectivity index (χ1) is 11.6. The van der Waals surface area contributed by atoms with Gasteiger partial charge in [-0.1, -0.05) is 25.1 Å². The maximum Gasteiger partial charge on any atom is 0.232 e. The summed E-state index contributed by atoms with van der Waals surface area (Å²) in [6.45, 7) is 5.53. The monoisotopic (exact) mass is 363 g/mol. The highest BCUT2D eigenvalue weighted by atomic mass is 35.5. The molecule has 6 heteroatoms. The van der Waals surface area contributed by atoms with Crippen molar-refractivity contribution >= 4 is 29.9 Å². The highest BCUT2D eigenvalue weighted by molar-refractivity contribution is 6.03. The lowest BCUT2D eigenvalue weighted by molar-refractivity contribution is -0.139. The van der Waals surface area contributed by atoms with Crippen molar-refractivity contribution in [1.82, 2.24) is 10.2 Å². The van der Waals surface area contributed by atoms with Gasteiger partial charge >= 0.3 is 0 Å². The number of carbonyl (C=O) groups is 2. The van der Waals surface area contributed by atoms with Crippen molar-refractivity contribution in [2.75, 3.05) is 31.5 Å². The van der Waals surface area contributed by atoms with Crippen LogP contribution in [0.25, 0.3) is 0 Å². The van der Waals surface area contributed by atoms with Gasteiger partial charge in [-0.25, -0.2) is 0 Å². The number of hydrogen-bond donors (Lipinski definition) is 2. The number of nitrogens with one attached hydrogen (secondary N) is 2. The van der Waals surface area contributed by atoms with Crippen LogP contribution >= 0.6 is 12.4 Å². The minimum absolute atomic E-state index is 0. The fourth-order valence-corrected chi connectivity index (χ4v) is 4.31. The van der Waals surface area contributed by atoms with Crippen molar-refractivity contribution in [3.63, 3.8) is 0 Å². The van der Waals surface area contributed by atoms with E-state index in [2.05, 4.69) is 23.6 Å². The van der Waals surface area contributed by atoms with Crippen LogP contribution in [0.4, 0.5) is 5.69 Å². The molecule has 2 N–H and O–H groups in total. The van der Waals surface area contributed by atoms with Gasteiger partial charge in [0.25, 0.3) is 0 Å². The minimum Gasteiger partial charge on any atom is -0.342 e. The van der Waals surface area contributed by atoms with Gasteiger partial charge < -0.3 is 15.5 Å². The van der Waals surface area contributed by atoms with Gasteiger partial charge in [0.15, 0.2) is 0 Å². The van der Waals surface area contributed by atoms with Crippen molar-refractivity contribution in [3.8, 4) is 0 Å². The lowest BCUT2D eigenvalue weighted by Gasteiger charge is -2.39. The van der Waals surface area contributed by atoms with Crippen LogP contribution in [0.15, 0.2) is 24.3 Å². The molecular formula is C19H26ClN3O2. The van der Waals surface area contributed by atoms with Gasteiger partial charge in [0, 0.05) is 24.7 Å². The Morgan fingerprint density at radius 3 is 2.52 bits per heavy atom. The molecule has 0 radical (unpaired) electrons. The number of para-hydroxylation sites is 1. The molecule has 2 atom stereocenters. The first kappa shape index (κ1) is 18.2. The Hall–Kier alpha value is -1.59. The summed E-state index contributed by atoms with van der Waals surface area (Å²) in [6, 6.07) is 7.99. The molecule has 0 bridgehead atoms. The number of hydrogen-bond acceptors (Lipinski definition) is 3. The summed E-state index contributed by atoms with van der Waals surface area (Å²) in [5, 5.41) is 6.24. The van der Waals surface area contributed by atoms with E-state index in [1.807, 2.05) is 23.1 Å². The predicted molar refractivity (Wildman–Crippen MR) is 99.9 cm³/mol. The second-order valence-corrected chi connectivity index (χ2v) is 7.42. The van der Waals surface area contributed by atoms with E-state index in [0.717, 1.165) is 50.3 Å². The van der Waals surface area contributed by atoms with Gasteiger partial charge in [0.05, 0.1) is 5.92 Å². The highest BCUT2D eigenvalue weighted by Crippen LogP contribution is 2.41. The lowest BCUT2D eigenvalue weighted by Crippen LogP contribution is -2.51. The van der Waals surface area contributed by atoms with Crippen LogP contribution < -0.4 is 10.6 Å². The summed E-state index contributed by atoms with van der Waals surface area (Å²) < 4.78 is 0. The smallest absolute Gasteiger partial charge is 0.232 e. The average molecular weight is 364 g/mol. The van der Waals surface area contributed by atoms with E-state index in [0.29, 0.717) is 11.8 Å². The van der Waals surface area contributed by atoms with E-state index < -0.39 is 0 Å². The normalized spacial score (nSPS) is 24.8. The van der Waals surface area contributed by atoms with Crippen molar-refractivity contribution in [1.29, 1.82) is 0 Å². The molecule has 2 fully saturated rings. The van der Waals surface area contributed by atoms with E-state index in [1.54, 1.807) is 0 Å². The number of benzene rings is 1. The maximum atomic E-state index is 12.6. The molecule has 25 heavy (non-hydrogen) atoms. The van der Waals surface area contributed by atoms with E-state index in [4.69, 9.17) is 0 Å². The molecule has 5 nitrogen and oxygen atoms in total. The Morgan fingerprint density at radius 2 is 1.88 bits per heavy atom. The fourth-order valence-electron chi connectivity index (χ4n) is 4.31. The number of likely N-dealkylation sites (tertiary alicyclic amines) is 1. The molecule has 1 aromatic rings. The van der Waals surface area contributed by atoms with E-state index in [1.165, 1.54) is 0 Å². The van der Waals surface area contributed by atoms with Crippen LogP contribution in [0.2, 0.25) is 0 Å². The van der Waals surface area contributed by atoms with Gasteiger partial charge in [0.2, 0.25) is 11.8 Å². The Kier molecular flexibility index (Phi) is 5.35. The fraction of sp³-hybridized carbons (Fsp3) is 0.579. The van der Waals surface area contributed by atoms with Gasteiger partial charge in [-0.2, -0.15) is 0 Å². The standard InChI is InChI=1S/C19H25N3O2.ClH/c1-12(14-10-20-11-14)19(24)22-8-6-13(7-9-22)17-15-4-2-3-5-16(15)21-18(17)23;/h2-5,12-14,17,20H,6-11H2,1H3,(H,21,23);1H. The van der Waals surface area contributed by atoms with E-state index >= 15 is 0 Å². The molecule has 3 aliphatic heterocycles. The van der Waals surface area contributed by atoms with Crippen LogP contribution in [0.3, 0.4) is 0 Å². The number of halogens is 1. The number of piperidine rings is 1. The van der Waals surface area contributed by atoms with Crippen LogP contribution in [0.5, 0.6) is 0 Å². The lowest BCUT2D eigenvalue weighted by atomic mass is 9.80. The number of nitrogens with zero attached hydrogens (tertiary/aromatic N) is 1. The van der Waals surface area contributed by atoms with E-state index in [-0.39, 0.29) is 36.1 Å². The summed E-state index contributed by atoms with van der Waals surface area (Å²) in [5.41, 5.74) is 2.08. The molecule has 2 unspecified atom stereocenters. The second kappa shape index (κ2) is 7.34. The first-order valence-electron chi connectivity index (χ1n) is 9.04. The minimum atomic E-state index is -0.0493. The van der Waals surface area contributed by atoms with Gasteiger partial charge in [-0.3, -0.25) is 9.59 Å². The highest BCUT2D eigenvalue weighted by Gasteiger charge is 2.39. The quantitative estimate of drug-likeness (QED) is 0.865. The molecule has 4 rings (SSSR count). The third-order valence-electron chi connectivity index (χ3n) is 6.07. The molecule has 0 aliphatic carbocycles. The number of rotatable bonds is 3. The molecule has 2 saturated heterocycles. The summed E-state index contributed by atoms with van der Waals surface area (Å²) in [6.07, 6.45) is 1.82. The molecule has 1 aromatic carbocycles. The zero-order valence-corrected chi connectivity index (χ0v) is 15.3. The largest absolute Gasteiger partial charge is 0.342 e. The Balaban J connectivity index is 0.00000182. The van der Waals surface area contributed by atoms with Crippen LogP contribution in [-0.4, -0.2) is 42.9 Å². The number of anilines is 1. The molecule has 3 heterocycles.